The number of rotatable bonds is 6. The number of alkyl halides is 4. The molecule has 3 saturated heterocycles. The number of hydrogen-bond acceptors (Lipinski definition) is 10. The summed E-state index contributed by atoms with van der Waals surface area (Å²) in [7, 11) is 0. The van der Waals surface area contributed by atoms with E-state index in [1.807, 2.05) is 11.8 Å². The third kappa shape index (κ3) is 5.18. The number of hydrogen-bond donors (Lipinski definition) is 2. The van der Waals surface area contributed by atoms with Gasteiger partial charge in [-0.2, -0.15) is 9.97 Å². The maximum absolute atomic E-state index is 17.0. The number of anilines is 1. The molecule has 0 aliphatic carbocycles. The maximum atomic E-state index is 17.0. The minimum absolute atomic E-state index is 0.00505. The van der Waals surface area contributed by atoms with Crippen molar-refractivity contribution in [2.24, 2.45) is 0 Å². The molecular formula is C33H33F5N6O4. The van der Waals surface area contributed by atoms with E-state index in [-0.39, 0.29) is 70.2 Å². The van der Waals surface area contributed by atoms with Gasteiger partial charge in [-0.05, 0) is 49.4 Å². The quantitative estimate of drug-likeness (QED) is 0.256. The van der Waals surface area contributed by atoms with E-state index in [1.54, 1.807) is 0 Å². The molecule has 4 aliphatic rings. The molecule has 0 spiro atoms. The number of phenolic OH excluding ortho intramolecular Hbond substituents is 1. The molecule has 8 rings (SSSR count). The Balaban J connectivity index is 1.32. The smallest absolute Gasteiger partial charge is 0.508 e. The van der Waals surface area contributed by atoms with E-state index in [1.165, 1.54) is 18.2 Å². The van der Waals surface area contributed by atoms with Crippen LogP contribution in [0, 0.1) is 5.82 Å². The maximum Gasteiger partial charge on any atom is 0.573 e. The number of fused-ring (bicyclic) bond motifs is 4. The number of aromatic hydroxyl groups is 1. The fourth-order valence-corrected chi connectivity index (χ4v) is 8.02. The van der Waals surface area contributed by atoms with Gasteiger partial charge in [0.2, 0.25) is 5.88 Å². The van der Waals surface area contributed by atoms with Crippen LogP contribution in [0.5, 0.6) is 23.4 Å². The largest absolute Gasteiger partial charge is 0.573 e. The minimum Gasteiger partial charge on any atom is -0.508 e. The lowest BCUT2D eigenvalue weighted by molar-refractivity contribution is -0.274. The van der Waals surface area contributed by atoms with Crippen molar-refractivity contribution < 1.29 is 41.3 Å². The van der Waals surface area contributed by atoms with Gasteiger partial charge in [0.15, 0.2) is 5.82 Å². The van der Waals surface area contributed by atoms with Gasteiger partial charge in [-0.15, -0.1) is 13.2 Å². The number of halogens is 5. The number of ether oxygens (including phenoxy) is 3. The molecule has 4 aromatic rings. The zero-order valence-corrected chi connectivity index (χ0v) is 26.0. The van der Waals surface area contributed by atoms with Crippen molar-refractivity contribution in [3.05, 3.63) is 36.1 Å². The molecule has 0 saturated carbocycles. The van der Waals surface area contributed by atoms with Crippen molar-refractivity contribution in [2.45, 2.75) is 62.8 Å². The van der Waals surface area contributed by atoms with E-state index >= 15 is 4.39 Å². The van der Waals surface area contributed by atoms with Crippen molar-refractivity contribution >= 4 is 27.5 Å². The van der Waals surface area contributed by atoms with Gasteiger partial charge in [-0.25, -0.2) is 13.8 Å². The summed E-state index contributed by atoms with van der Waals surface area (Å²) < 4.78 is 88.7. The number of nitrogens with zero attached hydrogens (tertiary/aromatic N) is 5. The second-order valence-electron chi connectivity index (χ2n) is 12.9. The van der Waals surface area contributed by atoms with Gasteiger partial charge in [-0.1, -0.05) is 19.1 Å². The summed E-state index contributed by atoms with van der Waals surface area (Å²) in [5.41, 5.74) is -1.26. The van der Waals surface area contributed by atoms with Crippen LogP contribution in [0.1, 0.15) is 32.6 Å². The van der Waals surface area contributed by atoms with Crippen LogP contribution in [0.4, 0.5) is 27.8 Å². The fourth-order valence-electron chi connectivity index (χ4n) is 8.02. The Morgan fingerprint density at radius 1 is 1.15 bits per heavy atom. The summed E-state index contributed by atoms with van der Waals surface area (Å²) >= 11 is 0. The first kappa shape index (κ1) is 31.1. The SMILES string of the molecule is CC[C@@H]1NCCN2c3nc(OC[C@@]45CCCN4C[C@H](F)C5)nc4c(F)c(-c5cc(O)cc6cccc(OC(F)(F)F)c56)nc(c34)OC[C@H]12. The van der Waals surface area contributed by atoms with Crippen molar-refractivity contribution in [1.82, 2.24) is 25.2 Å². The van der Waals surface area contributed by atoms with Crippen LogP contribution in [0.2, 0.25) is 0 Å². The Morgan fingerprint density at radius 3 is 2.81 bits per heavy atom. The van der Waals surface area contributed by atoms with Gasteiger partial charge in [0.25, 0.3) is 0 Å². The zero-order valence-electron chi connectivity index (χ0n) is 26.0. The lowest BCUT2D eigenvalue weighted by Gasteiger charge is -2.41. The van der Waals surface area contributed by atoms with Gasteiger partial charge in [0.05, 0.1) is 11.6 Å². The molecule has 254 valence electrons. The molecule has 10 nitrogen and oxygen atoms in total. The Kier molecular flexibility index (Phi) is 7.40. The summed E-state index contributed by atoms with van der Waals surface area (Å²) in [5, 5.41) is 14.4. The molecule has 0 unspecified atom stereocenters. The first-order valence-electron chi connectivity index (χ1n) is 16.1. The summed E-state index contributed by atoms with van der Waals surface area (Å²) in [6.07, 6.45) is -3.27. The molecule has 2 aromatic carbocycles. The highest BCUT2D eigenvalue weighted by atomic mass is 19.4. The van der Waals surface area contributed by atoms with Gasteiger partial charge in [0.1, 0.15) is 53.3 Å². The highest BCUT2D eigenvalue weighted by molar-refractivity contribution is 6.04. The average Bonchev–Trinajstić information content (AvgIpc) is 3.52. The predicted octanol–water partition coefficient (Wildman–Crippen LogP) is 5.49. The normalized spacial score (nSPS) is 25.5. The second-order valence-corrected chi connectivity index (χ2v) is 12.9. The van der Waals surface area contributed by atoms with Crippen LogP contribution in [0.3, 0.4) is 0 Å². The predicted molar refractivity (Wildman–Crippen MR) is 166 cm³/mol. The van der Waals surface area contributed by atoms with Gasteiger partial charge in [0, 0.05) is 43.0 Å². The van der Waals surface area contributed by atoms with Crippen LogP contribution in [-0.2, 0) is 0 Å². The third-order valence-corrected chi connectivity index (χ3v) is 10.1. The van der Waals surface area contributed by atoms with Crippen LogP contribution >= 0.6 is 0 Å². The highest BCUT2D eigenvalue weighted by Gasteiger charge is 2.49. The fraction of sp³-hybridized carbons (Fsp3) is 0.485. The van der Waals surface area contributed by atoms with Crippen LogP contribution in [0.25, 0.3) is 32.9 Å². The molecule has 2 aromatic heterocycles. The van der Waals surface area contributed by atoms with E-state index in [2.05, 4.69) is 24.9 Å². The second kappa shape index (κ2) is 11.4. The summed E-state index contributed by atoms with van der Waals surface area (Å²) in [6.45, 7) is 4.55. The lowest BCUT2D eigenvalue weighted by Crippen LogP contribution is -2.60. The number of aromatic nitrogens is 3. The number of nitrogens with one attached hydrogen (secondary N) is 1. The number of piperazine rings is 1. The van der Waals surface area contributed by atoms with E-state index in [0.717, 1.165) is 37.9 Å². The first-order valence-corrected chi connectivity index (χ1v) is 16.1. The van der Waals surface area contributed by atoms with E-state index in [9.17, 15) is 22.7 Å². The topological polar surface area (TPSA) is 105 Å². The van der Waals surface area contributed by atoms with Gasteiger partial charge >= 0.3 is 12.4 Å². The van der Waals surface area contributed by atoms with Crippen LogP contribution < -0.4 is 24.4 Å². The molecule has 0 amide bonds. The lowest BCUT2D eigenvalue weighted by atomic mass is 9.95. The van der Waals surface area contributed by atoms with Crippen molar-refractivity contribution in [3.8, 4) is 34.6 Å². The van der Waals surface area contributed by atoms with Gasteiger partial charge < -0.3 is 29.5 Å². The highest BCUT2D eigenvalue weighted by Crippen LogP contribution is 2.46. The summed E-state index contributed by atoms with van der Waals surface area (Å²) in [4.78, 5) is 17.9. The molecular weight excluding hydrogens is 639 g/mol. The number of phenols is 1. The Labute approximate surface area is 271 Å². The van der Waals surface area contributed by atoms with Crippen molar-refractivity contribution in [1.29, 1.82) is 0 Å². The monoisotopic (exact) mass is 672 g/mol. The summed E-state index contributed by atoms with van der Waals surface area (Å²) in [5.74, 6) is -1.52. The Bertz CT molecular complexity index is 1910. The molecule has 0 radical (unpaired) electrons. The molecule has 4 atom stereocenters. The molecule has 3 fully saturated rings. The molecule has 6 heterocycles. The number of pyridine rings is 1. The molecule has 4 aliphatic heterocycles. The molecule has 0 bridgehead atoms. The molecule has 15 heteroatoms. The first-order chi connectivity index (χ1) is 23.0. The van der Waals surface area contributed by atoms with E-state index in [0.29, 0.717) is 31.9 Å². The number of benzene rings is 2. The average molecular weight is 673 g/mol. The summed E-state index contributed by atoms with van der Waals surface area (Å²) in [6, 6.07) is 6.00. The van der Waals surface area contributed by atoms with E-state index < -0.39 is 35.3 Å². The third-order valence-electron chi connectivity index (χ3n) is 10.1. The van der Waals surface area contributed by atoms with E-state index in [4.69, 9.17) is 14.5 Å². The van der Waals surface area contributed by atoms with Crippen molar-refractivity contribution in [3.63, 3.8) is 0 Å². The van der Waals surface area contributed by atoms with Crippen molar-refractivity contribution in [2.75, 3.05) is 44.3 Å². The van der Waals surface area contributed by atoms with Gasteiger partial charge in [-0.3, -0.25) is 4.90 Å². The minimum atomic E-state index is -5.04. The zero-order chi connectivity index (χ0) is 33.4. The molecule has 48 heavy (non-hydrogen) atoms. The Morgan fingerprint density at radius 2 is 2.00 bits per heavy atom. The standard InChI is InChI=1S/C33H33F5N6O4/c1-2-21-22-15-46-30-25-28(26(35)27(40-30)20-12-19(45)11-17-5-3-6-23(24(17)20)48-33(36,37)38)41-31(42-29(25)44(22)10-8-39-21)47-16-32-7-4-9-43(32)14-18(34)13-32/h3,5-6,11-12,18,21-22,39,45H,2,4,7-10,13-16H2,1H3/t18-,21+,22-,32+/m1/s1. The Hall–Kier alpha value is -4.24. The molecule has 2 N–H and O–H groups in total. The van der Waals surface area contributed by atoms with Crippen LogP contribution in [-0.4, -0.2) is 94.5 Å². The van der Waals surface area contributed by atoms with Crippen LogP contribution in [0.15, 0.2) is 30.3 Å².